The Hall–Kier alpha value is -2.50. The van der Waals surface area contributed by atoms with Crippen LogP contribution < -0.4 is 11.1 Å². The van der Waals surface area contributed by atoms with E-state index in [4.69, 9.17) is 5.73 Å². The predicted molar refractivity (Wildman–Crippen MR) is 72.8 cm³/mol. The second-order valence-corrected chi connectivity index (χ2v) is 4.39. The maximum atomic E-state index is 12.0. The number of hydrogen-bond donors (Lipinski definition) is 2. The Labute approximate surface area is 111 Å². The minimum atomic E-state index is -0.305. The standard InChI is InChI=1S/C13H15N5O/c1-7-4-10(6-11(14)5-7)12(19)16-13-15-8(2)9(3)17-18-13/h4-6H,14H2,1-3H3,(H,15,16,18,19). The van der Waals surface area contributed by atoms with E-state index in [0.717, 1.165) is 17.0 Å². The summed E-state index contributed by atoms with van der Waals surface area (Å²) in [5.74, 6) is -0.117. The molecule has 3 N–H and O–H groups in total. The maximum Gasteiger partial charge on any atom is 0.258 e. The number of carbonyl (C=O) groups excluding carboxylic acids is 1. The van der Waals surface area contributed by atoms with Crippen LogP contribution in [0.1, 0.15) is 27.3 Å². The van der Waals surface area contributed by atoms with Gasteiger partial charge in [-0.15, -0.1) is 5.10 Å². The van der Waals surface area contributed by atoms with Gasteiger partial charge in [-0.1, -0.05) is 0 Å². The number of carbonyl (C=O) groups is 1. The lowest BCUT2D eigenvalue weighted by atomic mass is 10.1. The molecule has 6 nitrogen and oxygen atoms in total. The highest BCUT2D eigenvalue weighted by Gasteiger charge is 2.10. The van der Waals surface area contributed by atoms with E-state index in [9.17, 15) is 4.79 Å². The summed E-state index contributed by atoms with van der Waals surface area (Å²) in [6.07, 6.45) is 0. The van der Waals surface area contributed by atoms with Gasteiger partial charge in [0.1, 0.15) is 0 Å². The topological polar surface area (TPSA) is 93.8 Å². The third-order valence-electron chi connectivity index (χ3n) is 2.68. The highest BCUT2D eigenvalue weighted by atomic mass is 16.1. The Balaban J connectivity index is 2.22. The first kappa shape index (κ1) is 12.9. The van der Waals surface area contributed by atoms with Crippen molar-refractivity contribution in [1.82, 2.24) is 15.2 Å². The van der Waals surface area contributed by atoms with Crippen molar-refractivity contribution in [3.8, 4) is 0 Å². The van der Waals surface area contributed by atoms with Crippen molar-refractivity contribution in [3.63, 3.8) is 0 Å². The van der Waals surface area contributed by atoms with Crippen LogP contribution in [0.3, 0.4) is 0 Å². The van der Waals surface area contributed by atoms with Gasteiger partial charge < -0.3 is 5.73 Å². The molecule has 0 unspecified atom stereocenters. The number of rotatable bonds is 2. The van der Waals surface area contributed by atoms with Crippen LogP contribution in [-0.4, -0.2) is 21.1 Å². The first-order chi connectivity index (χ1) is 8.95. The Bertz CT molecular complexity index is 619. The molecule has 1 amide bonds. The minimum Gasteiger partial charge on any atom is -0.399 e. The third kappa shape index (κ3) is 3.04. The molecule has 1 aromatic heterocycles. The van der Waals surface area contributed by atoms with Gasteiger partial charge in [0.25, 0.3) is 5.91 Å². The van der Waals surface area contributed by atoms with E-state index in [0.29, 0.717) is 11.3 Å². The van der Waals surface area contributed by atoms with Gasteiger partial charge in [-0.2, -0.15) is 5.10 Å². The van der Waals surface area contributed by atoms with Crippen LogP contribution in [0.4, 0.5) is 11.6 Å². The molecule has 0 saturated carbocycles. The Morgan fingerprint density at radius 1 is 1.11 bits per heavy atom. The molecule has 0 atom stereocenters. The zero-order chi connectivity index (χ0) is 14.0. The molecule has 1 heterocycles. The molecule has 2 aromatic rings. The lowest BCUT2D eigenvalue weighted by Crippen LogP contribution is -2.16. The molecule has 0 spiro atoms. The summed E-state index contributed by atoms with van der Waals surface area (Å²) in [4.78, 5) is 16.2. The van der Waals surface area contributed by atoms with Crippen molar-refractivity contribution in [3.05, 3.63) is 40.7 Å². The summed E-state index contributed by atoms with van der Waals surface area (Å²) in [5.41, 5.74) is 9.11. The van der Waals surface area contributed by atoms with E-state index in [1.54, 1.807) is 18.2 Å². The molecule has 19 heavy (non-hydrogen) atoms. The van der Waals surface area contributed by atoms with E-state index in [-0.39, 0.29) is 11.9 Å². The summed E-state index contributed by atoms with van der Waals surface area (Å²) in [6, 6.07) is 5.15. The van der Waals surface area contributed by atoms with E-state index in [2.05, 4.69) is 20.5 Å². The Morgan fingerprint density at radius 2 is 1.84 bits per heavy atom. The second-order valence-electron chi connectivity index (χ2n) is 4.39. The normalized spacial score (nSPS) is 10.3. The van der Waals surface area contributed by atoms with Gasteiger partial charge in [0.15, 0.2) is 0 Å². The summed E-state index contributed by atoms with van der Waals surface area (Å²) in [5, 5.41) is 10.3. The van der Waals surface area contributed by atoms with Crippen LogP contribution in [0.5, 0.6) is 0 Å². The molecule has 0 bridgehead atoms. The molecule has 0 fully saturated rings. The van der Waals surface area contributed by atoms with Crippen LogP contribution in [0.15, 0.2) is 18.2 Å². The molecule has 0 aliphatic carbocycles. The molecule has 0 aliphatic heterocycles. The average molecular weight is 257 g/mol. The van der Waals surface area contributed by atoms with E-state index >= 15 is 0 Å². The van der Waals surface area contributed by atoms with Gasteiger partial charge in [0.2, 0.25) is 5.95 Å². The van der Waals surface area contributed by atoms with Gasteiger partial charge in [0, 0.05) is 11.3 Å². The number of anilines is 2. The van der Waals surface area contributed by atoms with Crippen LogP contribution in [-0.2, 0) is 0 Å². The van der Waals surface area contributed by atoms with Gasteiger partial charge in [0.05, 0.1) is 11.4 Å². The van der Waals surface area contributed by atoms with Crippen LogP contribution in [0.2, 0.25) is 0 Å². The highest BCUT2D eigenvalue weighted by molar-refractivity contribution is 6.03. The number of nitrogens with two attached hydrogens (primary N) is 1. The summed E-state index contributed by atoms with van der Waals surface area (Å²) in [7, 11) is 0. The second kappa shape index (κ2) is 5.01. The van der Waals surface area contributed by atoms with Crippen molar-refractivity contribution in [2.75, 3.05) is 11.1 Å². The zero-order valence-electron chi connectivity index (χ0n) is 11.1. The fraction of sp³-hybridized carbons (Fsp3) is 0.231. The van der Waals surface area contributed by atoms with E-state index in [1.165, 1.54) is 0 Å². The molecule has 0 saturated heterocycles. The van der Waals surface area contributed by atoms with Gasteiger partial charge in [-0.05, 0) is 44.5 Å². The molecular weight excluding hydrogens is 242 g/mol. The molecule has 1 aromatic carbocycles. The lowest BCUT2D eigenvalue weighted by Gasteiger charge is -2.06. The fourth-order valence-corrected chi connectivity index (χ4v) is 1.63. The van der Waals surface area contributed by atoms with Crippen molar-refractivity contribution >= 4 is 17.5 Å². The van der Waals surface area contributed by atoms with Gasteiger partial charge in [-0.3, -0.25) is 10.1 Å². The van der Waals surface area contributed by atoms with Crippen molar-refractivity contribution in [2.24, 2.45) is 0 Å². The number of nitrogen functional groups attached to an aromatic ring is 1. The number of aryl methyl sites for hydroxylation is 3. The lowest BCUT2D eigenvalue weighted by molar-refractivity contribution is 0.102. The van der Waals surface area contributed by atoms with E-state index in [1.807, 2.05) is 20.8 Å². The first-order valence-electron chi connectivity index (χ1n) is 5.82. The monoisotopic (exact) mass is 257 g/mol. The molecule has 98 valence electrons. The predicted octanol–water partition coefficient (Wildman–Crippen LogP) is 1.63. The SMILES string of the molecule is Cc1cc(N)cc(C(=O)Nc2nnc(C)c(C)n2)c1. The Morgan fingerprint density at radius 3 is 2.47 bits per heavy atom. The third-order valence-corrected chi connectivity index (χ3v) is 2.68. The molecule has 6 heteroatoms. The van der Waals surface area contributed by atoms with E-state index < -0.39 is 0 Å². The summed E-state index contributed by atoms with van der Waals surface area (Å²) < 4.78 is 0. The maximum absolute atomic E-state index is 12.0. The number of hydrogen-bond acceptors (Lipinski definition) is 5. The van der Waals surface area contributed by atoms with Gasteiger partial charge >= 0.3 is 0 Å². The number of benzene rings is 1. The highest BCUT2D eigenvalue weighted by Crippen LogP contribution is 2.12. The van der Waals surface area contributed by atoms with Crippen molar-refractivity contribution in [2.45, 2.75) is 20.8 Å². The van der Waals surface area contributed by atoms with Crippen molar-refractivity contribution in [1.29, 1.82) is 0 Å². The minimum absolute atomic E-state index is 0.188. The molecular formula is C13H15N5O. The molecule has 0 aliphatic rings. The summed E-state index contributed by atoms with van der Waals surface area (Å²) >= 11 is 0. The van der Waals surface area contributed by atoms with Crippen LogP contribution in [0, 0.1) is 20.8 Å². The summed E-state index contributed by atoms with van der Waals surface area (Å²) in [6.45, 7) is 5.49. The van der Waals surface area contributed by atoms with Gasteiger partial charge in [-0.25, -0.2) is 4.98 Å². The molecule has 2 rings (SSSR count). The Kier molecular flexibility index (Phi) is 3.41. The quantitative estimate of drug-likeness (QED) is 0.797. The van der Waals surface area contributed by atoms with Crippen LogP contribution in [0.25, 0.3) is 0 Å². The average Bonchev–Trinajstić information content (AvgIpc) is 2.32. The fourth-order valence-electron chi connectivity index (χ4n) is 1.63. The molecule has 0 radical (unpaired) electrons. The largest absolute Gasteiger partial charge is 0.399 e. The number of amides is 1. The van der Waals surface area contributed by atoms with Crippen LogP contribution >= 0.6 is 0 Å². The number of aromatic nitrogens is 3. The zero-order valence-corrected chi connectivity index (χ0v) is 11.1. The number of nitrogens with one attached hydrogen (secondary N) is 1. The smallest absolute Gasteiger partial charge is 0.258 e. The van der Waals surface area contributed by atoms with Crippen molar-refractivity contribution < 1.29 is 4.79 Å². The number of nitrogens with zero attached hydrogens (tertiary/aromatic N) is 3. The first-order valence-corrected chi connectivity index (χ1v) is 5.82.